The molecular formula is C18H19F3N2O4. The lowest BCUT2D eigenvalue weighted by atomic mass is 10.1. The number of alkyl halides is 3. The Hall–Kier alpha value is -2.84. The quantitative estimate of drug-likeness (QED) is 0.680. The van der Waals surface area contributed by atoms with Crippen molar-refractivity contribution in [3.05, 3.63) is 41.8 Å². The van der Waals surface area contributed by atoms with Crippen LogP contribution in [0.2, 0.25) is 0 Å². The van der Waals surface area contributed by atoms with E-state index in [1.807, 2.05) is 0 Å². The number of aromatic nitrogens is 1. The van der Waals surface area contributed by atoms with E-state index in [0.29, 0.717) is 12.1 Å². The summed E-state index contributed by atoms with van der Waals surface area (Å²) in [5.41, 5.74) is -0.461. The van der Waals surface area contributed by atoms with E-state index >= 15 is 0 Å². The smallest absolute Gasteiger partial charge is 0.416 e. The third-order valence-electron chi connectivity index (χ3n) is 3.74. The van der Waals surface area contributed by atoms with Gasteiger partial charge in [-0.3, -0.25) is 9.59 Å². The number of halogens is 3. The maximum atomic E-state index is 12.6. The predicted molar refractivity (Wildman–Crippen MR) is 89.8 cm³/mol. The van der Waals surface area contributed by atoms with Crippen LogP contribution in [-0.4, -0.2) is 41.5 Å². The van der Waals surface area contributed by atoms with Crippen molar-refractivity contribution in [1.82, 2.24) is 9.88 Å². The van der Waals surface area contributed by atoms with Crippen LogP contribution in [0.1, 0.15) is 36.3 Å². The summed E-state index contributed by atoms with van der Waals surface area (Å²) in [5, 5.41) is 0. The van der Waals surface area contributed by atoms with E-state index in [1.54, 1.807) is 13.8 Å². The molecule has 0 saturated heterocycles. The lowest BCUT2D eigenvalue weighted by Crippen LogP contribution is -2.33. The average Bonchev–Trinajstić information content (AvgIpc) is 3.12. The number of hydrogen-bond acceptors (Lipinski definition) is 5. The summed E-state index contributed by atoms with van der Waals surface area (Å²) >= 11 is 0. The van der Waals surface area contributed by atoms with Gasteiger partial charge in [0, 0.05) is 18.7 Å². The van der Waals surface area contributed by atoms with Crippen LogP contribution in [0.25, 0.3) is 11.5 Å². The first-order chi connectivity index (χ1) is 12.8. The van der Waals surface area contributed by atoms with Crippen molar-refractivity contribution in [2.75, 3.05) is 19.7 Å². The van der Waals surface area contributed by atoms with Gasteiger partial charge in [0.25, 0.3) is 5.91 Å². The number of amides is 1. The largest absolute Gasteiger partial charge is 0.466 e. The highest BCUT2D eigenvalue weighted by Gasteiger charge is 2.30. The number of oxazole rings is 1. The van der Waals surface area contributed by atoms with Crippen molar-refractivity contribution in [3.8, 4) is 11.5 Å². The zero-order valence-electron chi connectivity index (χ0n) is 14.9. The van der Waals surface area contributed by atoms with Crippen molar-refractivity contribution in [2.45, 2.75) is 26.4 Å². The maximum absolute atomic E-state index is 12.6. The molecule has 0 unspecified atom stereocenters. The van der Waals surface area contributed by atoms with Gasteiger partial charge >= 0.3 is 12.1 Å². The fraction of sp³-hybridized carbons (Fsp3) is 0.389. The summed E-state index contributed by atoms with van der Waals surface area (Å²) < 4.78 is 47.9. The van der Waals surface area contributed by atoms with Crippen LogP contribution in [0, 0.1) is 0 Å². The molecule has 0 radical (unpaired) electrons. The van der Waals surface area contributed by atoms with Gasteiger partial charge in [-0.25, -0.2) is 4.98 Å². The summed E-state index contributed by atoms with van der Waals surface area (Å²) in [6.45, 7) is 4.22. The normalized spacial score (nSPS) is 11.3. The lowest BCUT2D eigenvalue weighted by Gasteiger charge is -2.18. The highest BCUT2D eigenvalue weighted by atomic mass is 19.4. The second-order valence-corrected chi connectivity index (χ2v) is 5.55. The summed E-state index contributed by atoms with van der Waals surface area (Å²) in [6.07, 6.45) is -3.24. The summed E-state index contributed by atoms with van der Waals surface area (Å²) in [5.74, 6) is -0.813. The maximum Gasteiger partial charge on any atom is 0.416 e. The van der Waals surface area contributed by atoms with Crippen LogP contribution in [0.4, 0.5) is 13.2 Å². The zero-order valence-corrected chi connectivity index (χ0v) is 14.9. The second kappa shape index (κ2) is 8.70. The molecule has 0 bridgehead atoms. The van der Waals surface area contributed by atoms with E-state index in [2.05, 4.69) is 4.98 Å². The molecular weight excluding hydrogens is 365 g/mol. The SMILES string of the molecule is CCOC(=O)CCN(CC)C(=O)c1coc(-c2ccc(C(F)(F)F)cc2)n1. The number of carbonyl (C=O) groups is 2. The molecule has 0 saturated carbocycles. The molecule has 2 aromatic rings. The Balaban J connectivity index is 2.09. The average molecular weight is 384 g/mol. The molecule has 0 fully saturated rings. The molecule has 0 spiro atoms. The van der Waals surface area contributed by atoms with Crippen LogP contribution >= 0.6 is 0 Å². The molecule has 1 amide bonds. The second-order valence-electron chi connectivity index (χ2n) is 5.55. The number of esters is 1. The van der Waals surface area contributed by atoms with E-state index in [1.165, 1.54) is 17.0 Å². The summed E-state index contributed by atoms with van der Waals surface area (Å²) in [6, 6.07) is 4.28. The van der Waals surface area contributed by atoms with E-state index in [0.717, 1.165) is 18.4 Å². The van der Waals surface area contributed by atoms with Crippen LogP contribution in [0.5, 0.6) is 0 Å². The Morgan fingerprint density at radius 2 is 1.85 bits per heavy atom. The Bertz CT molecular complexity index is 785. The minimum atomic E-state index is -4.43. The van der Waals surface area contributed by atoms with Gasteiger partial charge in [-0.2, -0.15) is 13.2 Å². The molecule has 0 atom stereocenters. The molecule has 0 aliphatic rings. The lowest BCUT2D eigenvalue weighted by molar-refractivity contribution is -0.143. The van der Waals surface area contributed by atoms with Crippen LogP contribution < -0.4 is 0 Å². The first-order valence-electron chi connectivity index (χ1n) is 8.34. The third kappa shape index (κ3) is 5.32. The van der Waals surface area contributed by atoms with Crippen LogP contribution in [-0.2, 0) is 15.7 Å². The van der Waals surface area contributed by atoms with Crippen LogP contribution in [0.3, 0.4) is 0 Å². The Labute approximate surface area is 153 Å². The van der Waals surface area contributed by atoms with Gasteiger partial charge in [-0.1, -0.05) is 0 Å². The van der Waals surface area contributed by atoms with Gasteiger partial charge < -0.3 is 14.1 Å². The highest BCUT2D eigenvalue weighted by molar-refractivity contribution is 5.92. The molecule has 27 heavy (non-hydrogen) atoms. The molecule has 0 aliphatic heterocycles. The molecule has 1 heterocycles. The number of carbonyl (C=O) groups excluding carboxylic acids is 2. The fourth-order valence-corrected chi connectivity index (χ4v) is 2.33. The molecule has 9 heteroatoms. The number of nitrogens with zero attached hydrogens (tertiary/aromatic N) is 2. The monoisotopic (exact) mass is 384 g/mol. The molecule has 0 aliphatic carbocycles. The van der Waals surface area contributed by atoms with Gasteiger partial charge in [0.05, 0.1) is 18.6 Å². The summed E-state index contributed by atoms with van der Waals surface area (Å²) in [4.78, 5) is 29.4. The summed E-state index contributed by atoms with van der Waals surface area (Å²) in [7, 11) is 0. The van der Waals surface area contributed by atoms with Crippen molar-refractivity contribution in [2.24, 2.45) is 0 Å². The van der Waals surface area contributed by atoms with Gasteiger partial charge in [-0.05, 0) is 38.1 Å². The third-order valence-corrected chi connectivity index (χ3v) is 3.74. The van der Waals surface area contributed by atoms with E-state index in [4.69, 9.17) is 9.15 Å². The zero-order chi connectivity index (χ0) is 20.0. The number of rotatable bonds is 7. The van der Waals surface area contributed by atoms with Crippen molar-refractivity contribution < 1.29 is 31.9 Å². The molecule has 2 rings (SSSR count). The Kier molecular flexibility index (Phi) is 6.59. The van der Waals surface area contributed by atoms with Gasteiger partial charge in [0.1, 0.15) is 6.26 Å². The molecule has 146 valence electrons. The fourth-order valence-electron chi connectivity index (χ4n) is 2.33. The van der Waals surface area contributed by atoms with Crippen LogP contribution in [0.15, 0.2) is 34.9 Å². The molecule has 0 N–H and O–H groups in total. The van der Waals surface area contributed by atoms with Gasteiger partial charge in [0.2, 0.25) is 5.89 Å². The molecule has 6 nitrogen and oxygen atoms in total. The van der Waals surface area contributed by atoms with Crippen molar-refractivity contribution in [3.63, 3.8) is 0 Å². The van der Waals surface area contributed by atoms with E-state index < -0.39 is 23.6 Å². The Morgan fingerprint density at radius 3 is 2.41 bits per heavy atom. The number of hydrogen-bond donors (Lipinski definition) is 0. The minimum Gasteiger partial charge on any atom is -0.466 e. The minimum absolute atomic E-state index is 0.00982. The van der Waals surface area contributed by atoms with Crippen molar-refractivity contribution in [1.29, 1.82) is 0 Å². The van der Waals surface area contributed by atoms with Gasteiger partial charge in [0.15, 0.2) is 5.69 Å². The van der Waals surface area contributed by atoms with E-state index in [-0.39, 0.29) is 31.2 Å². The first-order valence-corrected chi connectivity index (χ1v) is 8.34. The molecule has 1 aromatic heterocycles. The first kappa shape index (κ1) is 20.5. The Morgan fingerprint density at radius 1 is 1.19 bits per heavy atom. The van der Waals surface area contributed by atoms with E-state index in [9.17, 15) is 22.8 Å². The van der Waals surface area contributed by atoms with Gasteiger partial charge in [-0.15, -0.1) is 0 Å². The number of benzene rings is 1. The molecule has 1 aromatic carbocycles. The van der Waals surface area contributed by atoms with Crippen molar-refractivity contribution >= 4 is 11.9 Å². The number of ether oxygens (including phenoxy) is 1. The topological polar surface area (TPSA) is 72.6 Å². The predicted octanol–water partition coefficient (Wildman–Crippen LogP) is 3.78. The highest BCUT2D eigenvalue weighted by Crippen LogP contribution is 2.30. The standard InChI is InChI=1S/C18H19F3N2O4/c1-3-23(10-9-15(24)26-4-2)17(25)14-11-27-16(22-14)12-5-7-13(8-6-12)18(19,20)21/h5-8,11H,3-4,9-10H2,1-2H3.